The number of hydrogen-bond donors (Lipinski definition) is 1. The van der Waals surface area contributed by atoms with Crippen molar-refractivity contribution in [2.45, 2.75) is 25.2 Å². The molecule has 0 aliphatic carbocycles. The standard InChI is InChI=1S/C19H23N3O6S/c1-4-11-20-19(23)13-21(15-6-8-16(28-3)9-7-15)29(26,27)17-10-5-14(2)18(12-17)22(24)25/h5-10,12H,4,11,13H2,1-3H3,(H,20,23). The van der Waals surface area contributed by atoms with Crippen LogP contribution in [0.2, 0.25) is 0 Å². The Morgan fingerprint density at radius 2 is 1.86 bits per heavy atom. The van der Waals surface area contributed by atoms with E-state index in [1.165, 1.54) is 38.3 Å². The third-order valence-electron chi connectivity index (χ3n) is 4.19. The molecule has 0 heterocycles. The Balaban J connectivity index is 2.51. The normalized spacial score (nSPS) is 11.0. The molecular weight excluding hydrogens is 398 g/mol. The molecule has 0 radical (unpaired) electrons. The smallest absolute Gasteiger partial charge is 0.273 e. The Bertz CT molecular complexity index is 990. The topological polar surface area (TPSA) is 119 Å². The van der Waals surface area contributed by atoms with Crippen molar-refractivity contribution in [3.8, 4) is 5.75 Å². The minimum atomic E-state index is -4.24. The number of carbonyl (C=O) groups excluding carboxylic acids is 1. The first kappa shape index (κ1) is 22.2. The van der Waals surface area contributed by atoms with E-state index in [0.29, 0.717) is 24.3 Å². The van der Waals surface area contributed by atoms with Gasteiger partial charge in [-0.25, -0.2) is 8.42 Å². The highest BCUT2D eigenvalue weighted by atomic mass is 32.2. The molecule has 0 aliphatic rings. The van der Waals surface area contributed by atoms with E-state index in [-0.39, 0.29) is 16.3 Å². The van der Waals surface area contributed by atoms with Gasteiger partial charge in [-0.15, -0.1) is 0 Å². The van der Waals surface area contributed by atoms with E-state index in [9.17, 15) is 23.3 Å². The third-order valence-corrected chi connectivity index (χ3v) is 5.95. The number of hydrogen-bond acceptors (Lipinski definition) is 6. The Morgan fingerprint density at radius 1 is 1.21 bits per heavy atom. The molecule has 0 spiro atoms. The number of rotatable bonds is 9. The second-order valence-electron chi connectivity index (χ2n) is 6.27. The summed E-state index contributed by atoms with van der Waals surface area (Å²) in [5, 5.41) is 13.9. The molecular formula is C19H23N3O6S. The van der Waals surface area contributed by atoms with Crippen molar-refractivity contribution in [2.24, 2.45) is 0 Å². The molecule has 2 rings (SSSR count). The quantitative estimate of drug-likeness (QED) is 0.491. The van der Waals surface area contributed by atoms with Gasteiger partial charge in [-0.1, -0.05) is 13.0 Å². The summed E-state index contributed by atoms with van der Waals surface area (Å²) in [7, 11) is -2.76. The maximum atomic E-state index is 13.3. The zero-order chi connectivity index (χ0) is 21.6. The third kappa shape index (κ3) is 5.23. The lowest BCUT2D eigenvalue weighted by Gasteiger charge is -2.24. The van der Waals surface area contributed by atoms with Crippen molar-refractivity contribution in [1.29, 1.82) is 0 Å². The van der Waals surface area contributed by atoms with E-state index >= 15 is 0 Å². The molecule has 9 nitrogen and oxygen atoms in total. The number of nitro groups is 1. The number of aryl methyl sites for hydroxylation is 1. The summed E-state index contributed by atoms with van der Waals surface area (Å²) in [5.41, 5.74) is 0.266. The fourth-order valence-corrected chi connectivity index (χ4v) is 4.03. The Kier molecular flexibility index (Phi) is 7.16. The summed E-state index contributed by atoms with van der Waals surface area (Å²) in [4.78, 5) is 22.6. The monoisotopic (exact) mass is 421 g/mol. The van der Waals surface area contributed by atoms with Crippen LogP contribution in [-0.4, -0.2) is 39.4 Å². The number of benzene rings is 2. The lowest BCUT2D eigenvalue weighted by molar-refractivity contribution is -0.385. The molecule has 1 N–H and O–H groups in total. The SMILES string of the molecule is CCCNC(=O)CN(c1ccc(OC)cc1)S(=O)(=O)c1ccc(C)c([N+](=O)[O-])c1. The molecule has 156 valence electrons. The molecule has 0 saturated carbocycles. The number of anilines is 1. The Morgan fingerprint density at radius 3 is 2.41 bits per heavy atom. The minimum Gasteiger partial charge on any atom is -0.497 e. The van der Waals surface area contributed by atoms with Gasteiger partial charge in [0, 0.05) is 18.2 Å². The predicted octanol–water partition coefficient (Wildman–Crippen LogP) is 2.63. The van der Waals surface area contributed by atoms with Gasteiger partial charge in [-0.2, -0.15) is 0 Å². The number of sulfonamides is 1. The van der Waals surface area contributed by atoms with Gasteiger partial charge in [0.2, 0.25) is 5.91 Å². The average molecular weight is 421 g/mol. The lowest BCUT2D eigenvalue weighted by Crippen LogP contribution is -2.41. The zero-order valence-corrected chi connectivity index (χ0v) is 17.2. The van der Waals surface area contributed by atoms with Gasteiger partial charge in [0.05, 0.1) is 22.6 Å². The van der Waals surface area contributed by atoms with Crippen molar-refractivity contribution in [3.63, 3.8) is 0 Å². The molecule has 0 saturated heterocycles. The van der Waals surface area contributed by atoms with E-state index < -0.39 is 27.4 Å². The number of nitrogens with one attached hydrogen (secondary N) is 1. The largest absolute Gasteiger partial charge is 0.497 e. The van der Waals surface area contributed by atoms with Gasteiger partial charge < -0.3 is 10.1 Å². The van der Waals surface area contributed by atoms with Crippen LogP contribution < -0.4 is 14.4 Å². The molecule has 0 fully saturated rings. The second kappa shape index (κ2) is 9.37. The molecule has 10 heteroatoms. The van der Waals surface area contributed by atoms with Gasteiger partial charge in [0.25, 0.3) is 15.7 Å². The summed E-state index contributed by atoms with van der Waals surface area (Å²) < 4.78 is 32.6. The Labute approximate surface area is 169 Å². The molecule has 0 aliphatic heterocycles. The summed E-state index contributed by atoms with van der Waals surface area (Å²) in [6.07, 6.45) is 0.700. The van der Waals surface area contributed by atoms with E-state index in [2.05, 4.69) is 5.32 Å². The second-order valence-corrected chi connectivity index (χ2v) is 8.13. The van der Waals surface area contributed by atoms with E-state index in [0.717, 1.165) is 10.4 Å². The van der Waals surface area contributed by atoms with E-state index in [1.54, 1.807) is 12.1 Å². The van der Waals surface area contributed by atoms with Crippen LogP contribution in [0.4, 0.5) is 11.4 Å². The first-order valence-electron chi connectivity index (χ1n) is 8.89. The van der Waals surface area contributed by atoms with Crippen molar-refractivity contribution < 1.29 is 22.9 Å². The van der Waals surface area contributed by atoms with Crippen LogP contribution >= 0.6 is 0 Å². The van der Waals surface area contributed by atoms with Crippen LogP contribution in [0.1, 0.15) is 18.9 Å². The maximum absolute atomic E-state index is 13.3. The molecule has 2 aromatic rings. The number of amides is 1. The number of nitro benzene ring substituents is 1. The molecule has 0 atom stereocenters. The lowest BCUT2D eigenvalue weighted by atomic mass is 10.2. The van der Waals surface area contributed by atoms with Crippen molar-refractivity contribution in [1.82, 2.24) is 5.32 Å². The fourth-order valence-electron chi connectivity index (χ4n) is 2.59. The number of ether oxygens (including phenoxy) is 1. The van der Waals surface area contributed by atoms with Crippen molar-refractivity contribution >= 4 is 27.3 Å². The fraction of sp³-hybridized carbons (Fsp3) is 0.316. The van der Waals surface area contributed by atoms with Crippen LogP contribution in [0.3, 0.4) is 0 Å². The predicted molar refractivity (Wildman–Crippen MR) is 109 cm³/mol. The van der Waals surface area contributed by atoms with Crippen LogP contribution in [0.5, 0.6) is 5.75 Å². The van der Waals surface area contributed by atoms with Gasteiger partial charge >= 0.3 is 0 Å². The summed E-state index contributed by atoms with van der Waals surface area (Å²) in [5.74, 6) is 0.0420. The molecule has 2 aromatic carbocycles. The van der Waals surface area contributed by atoms with Crippen LogP contribution in [0.15, 0.2) is 47.4 Å². The van der Waals surface area contributed by atoms with Gasteiger partial charge in [-0.05, 0) is 43.7 Å². The average Bonchev–Trinajstić information content (AvgIpc) is 2.70. The molecule has 29 heavy (non-hydrogen) atoms. The van der Waals surface area contributed by atoms with E-state index in [1.807, 2.05) is 6.92 Å². The summed E-state index contributed by atoms with van der Waals surface area (Å²) >= 11 is 0. The first-order chi connectivity index (χ1) is 13.7. The number of methoxy groups -OCH3 is 1. The molecule has 0 bridgehead atoms. The molecule has 1 amide bonds. The first-order valence-corrected chi connectivity index (χ1v) is 10.3. The van der Waals surface area contributed by atoms with Crippen molar-refractivity contribution in [2.75, 3.05) is 24.5 Å². The minimum absolute atomic E-state index is 0.237. The van der Waals surface area contributed by atoms with Crippen LogP contribution in [-0.2, 0) is 14.8 Å². The summed E-state index contributed by atoms with van der Waals surface area (Å²) in [6, 6.07) is 9.81. The highest BCUT2D eigenvalue weighted by Gasteiger charge is 2.29. The van der Waals surface area contributed by atoms with Gasteiger partial charge in [0.15, 0.2) is 0 Å². The van der Waals surface area contributed by atoms with E-state index in [4.69, 9.17) is 4.74 Å². The number of nitrogens with zero attached hydrogens (tertiary/aromatic N) is 2. The Hall–Kier alpha value is -3.14. The van der Waals surface area contributed by atoms with Crippen LogP contribution in [0, 0.1) is 17.0 Å². The van der Waals surface area contributed by atoms with Crippen molar-refractivity contribution in [3.05, 3.63) is 58.1 Å². The highest BCUT2D eigenvalue weighted by molar-refractivity contribution is 7.92. The van der Waals surface area contributed by atoms with Gasteiger partial charge in [0.1, 0.15) is 12.3 Å². The van der Waals surface area contributed by atoms with Crippen LogP contribution in [0.25, 0.3) is 0 Å². The maximum Gasteiger partial charge on any atom is 0.273 e. The molecule has 0 unspecified atom stereocenters. The number of carbonyl (C=O) groups is 1. The zero-order valence-electron chi connectivity index (χ0n) is 16.4. The van der Waals surface area contributed by atoms with Gasteiger partial charge in [-0.3, -0.25) is 19.2 Å². The molecule has 0 aromatic heterocycles. The highest BCUT2D eigenvalue weighted by Crippen LogP contribution is 2.28. The summed E-state index contributed by atoms with van der Waals surface area (Å²) in [6.45, 7) is 3.35.